The van der Waals surface area contributed by atoms with Gasteiger partial charge in [-0.05, 0) is 25.5 Å². The van der Waals surface area contributed by atoms with E-state index in [0.717, 1.165) is 0 Å². The van der Waals surface area contributed by atoms with Gasteiger partial charge in [0.15, 0.2) is 9.84 Å². The van der Waals surface area contributed by atoms with Crippen molar-refractivity contribution in [3.05, 3.63) is 34.6 Å². The Morgan fingerprint density at radius 2 is 2.00 bits per heavy atom. The van der Waals surface area contributed by atoms with Gasteiger partial charge in [-0.1, -0.05) is 23.7 Å². The summed E-state index contributed by atoms with van der Waals surface area (Å²) in [6, 6.07) is 4.55. The van der Waals surface area contributed by atoms with E-state index in [-0.39, 0.29) is 11.6 Å². The van der Waals surface area contributed by atoms with E-state index in [0.29, 0.717) is 12.1 Å². The van der Waals surface area contributed by atoms with Crippen LogP contribution in [0.3, 0.4) is 0 Å². The van der Waals surface area contributed by atoms with Crippen LogP contribution in [0.5, 0.6) is 0 Å². The SMILES string of the molecule is CC(C)(CNCc1cccc(F)c1Cl)S(C)(=O)=O. The van der Waals surface area contributed by atoms with Crippen LogP contribution < -0.4 is 5.32 Å². The van der Waals surface area contributed by atoms with Crippen molar-refractivity contribution in [2.24, 2.45) is 0 Å². The molecular formula is C12H17ClFNO2S. The Morgan fingerprint density at radius 1 is 1.39 bits per heavy atom. The van der Waals surface area contributed by atoms with Crippen LogP contribution in [-0.4, -0.2) is 26.0 Å². The van der Waals surface area contributed by atoms with Gasteiger partial charge in [0.2, 0.25) is 0 Å². The van der Waals surface area contributed by atoms with Crippen molar-refractivity contribution >= 4 is 21.4 Å². The molecule has 1 N–H and O–H groups in total. The molecule has 0 aliphatic heterocycles. The molecular weight excluding hydrogens is 277 g/mol. The smallest absolute Gasteiger partial charge is 0.153 e. The number of rotatable bonds is 5. The highest BCUT2D eigenvalue weighted by atomic mass is 35.5. The Morgan fingerprint density at radius 3 is 2.56 bits per heavy atom. The molecule has 18 heavy (non-hydrogen) atoms. The number of hydrogen-bond acceptors (Lipinski definition) is 3. The number of sulfone groups is 1. The summed E-state index contributed by atoms with van der Waals surface area (Å²) >= 11 is 5.80. The Kier molecular flexibility index (Phi) is 4.75. The van der Waals surface area contributed by atoms with Gasteiger partial charge in [0.05, 0.1) is 9.77 Å². The first kappa shape index (κ1) is 15.4. The average Bonchev–Trinajstić information content (AvgIpc) is 2.22. The average molecular weight is 294 g/mol. The standard InChI is InChI=1S/C12H17ClFNO2S/c1-12(2,18(3,16)17)8-15-7-9-5-4-6-10(14)11(9)13/h4-6,15H,7-8H2,1-3H3. The van der Waals surface area contributed by atoms with E-state index in [1.807, 2.05) is 0 Å². The van der Waals surface area contributed by atoms with Crippen LogP contribution >= 0.6 is 11.6 Å². The van der Waals surface area contributed by atoms with E-state index in [1.165, 1.54) is 12.3 Å². The lowest BCUT2D eigenvalue weighted by atomic mass is 10.2. The van der Waals surface area contributed by atoms with E-state index in [2.05, 4.69) is 5.32 Å². The fourth-order valence-electron chi connectivity index (χ4n) is 1.31. The monoisotopic (exact) mass is 293 g/mol. The number of halogens is 2. The molecule has 0 saturated carbocycles. The zero-order valence-electron chi connectivity index (χ0n) is 10.6. The molecule has 0 amide bonds. The summed E-state index contributed by atoms with van der Waals surface area (Å²) in [5, 5.41) is 3.06. The first-order chi connectivity index (χ1) is 8.15. The van der Waals surface area contributed by atoms with E-state index in [4.69, 9.17) is 11.6 Å². The number of benzene rings is 1. The Bertz CT molecular complexity index is 529. The van der Waals surface area contributed by atoms with Crippen molar-refractivity contribution < 1.29 is 12.8 Å². The Hall–Kier alpha value is -0.650. The number of nitrogens with one attached hydrogen (secondary N) is 1. The summed E-state index contributed by atoms with van der Waals surface area (Å²) in [7, 11) is -3.14. The van der Waals surface area contributed by atoms with Gasteiger partial charge < -0.3 is 5.32 Å². The molecule has 0 atom stereocenters. The second-order valence-electron chi connectivity index (χ2n) is 4.85. The second kappa shape index (κ2) is 5.55. The van der Waals surface area contributed by atoms with Crippen molar-refractivity contribution in [1.82, 2.24) is 5.32 Å². The minimum Gasteiger partial charge on any atom is -0.311 e. The van der Waals surface area contributed by atoms with E-state index in [1.54, 1.807) is 26.0 Å². The van der Waals surface area contributed by atoms with Crippen LogP contribution in [0.15, 0.2) is 18.2 Å². The highest BCUT2D eigenvalue weighted by molar-refractivity contribution is 7.92. The van der Waals surface area contributed by atoms with Crippen molar-refractivity contribution in [3.63, 3.8) is 0 Å². The van der Waals surface area contributed by atoms with Gasteiger partial charge >= 0.3 is 0 Å². The third-order valence-electron chi connectivity index (χ3n) is 2.90. The fraction of sp³-hybridized carbons (Fsp3) is 0.500. The molecule has 3 nitrogen and oxygen atoms in total. The van der Waals surface area contributed by atoms with Crippen molar-refractivity contribution in [3.8, 4) is 0 Å². The Labute approximate surface area is 112 Å². The van der Waals surface area contributed by atoms with Gasteiger partial charge in [0.25, 0.3) is 0 Å². The molecule has 0 heterocycles. The quantitative estimate of drug-likeness (QED) is 0.907. The third kappa shape index (κ3) is 3.67. The molecule has 1 aromatic carbocycles. The maximum absolute atomic E-state index is 13.2. The molecule has 0 aliphatic carbocycles. The minimum absolute atomic E-state index is 0.0714. The van der Waals surface area contributed by atoms with E-state index >= 15 is 0 Å². The molecule has 0 unspecified atom stereocenters. The van der Waals surface area contributed by atoms with E-state index in [9.17, 15) is 12.8 Å². The highest BCUT2D eigenvalue weighted by Crippen LogP contribution is 2.20. The van der Waals surface area contributed by atoms with Gasteiger partial charge in [0, 0.05) is 19.3 Å². The van der Waals surface area contributed by atoms with Gasteiger partial charge in [-0.3, -0.25) is 0 Å². The maximum atomic E-state index is 13.2. The van der Waals surface area contributed by atoms with E-state index < -0.39 is 20.4 Å². The normalized spacial score (nSPS) is 12.7. The summed E-state index contributed by atoms with van der Waals surface area (Å²) < 4.78 is 35.3. The second-order valence-corrected chi connectivity index (χ2v) is 7.88. The molecule has 0 aliphatic rings. The molecule has 0 bridgehead atoms. The molecule has 0 spiro atoms. The minimum atomic E-state index is -3.14. The molecule has 0 saturated heterocycles. The lowest BCUT2D eigenvalue weighted by Gasteiger charge is -2.23. The summed E-state index contributed by atoms with van der Waals surface area (Å²) in [4.78, 5) is 0. The predicted octanol–water partition coefficient (Wildman–Crippen LogP) is 2.39. The molecule has 0 radical (unpaired) electrons. The van der Waals surface area contributed by atoms with Crippen LogP contribution in [0.2, 0.25) is 5.02 Å². The molecule has 6 heteroatoms. The fourth-order valence-corrected chi connectivity index (χ4v) is 1.87. The molecule has 0 fully saturated rings. The first-order valence-corrected chi connectivity index (χ1v) is 7.75. The number of hydrogen-bond donors (Lipinski definition) is 1. The van der Waals surface area contributed by atoms with Gasteiger partial charge in [-0.15, -0.1) is 0 Å². The molecule has 0 aromatic heterocycles. The van der Waals surface area contributed by atoms with Crippen molar-refractivity contribution in [2.75, 3.05) is 12.8 Å². The Balaban J connectivity index is 2.66. The zero-order valence-corrected chi connectivity index (χ0v) is 12.2. The van der Waals surface area contributed by atoms with Crippen molar-refractivity contribution in [2.45, 2.75) is 25.1 Å². The summed E-state index contributed by atoms with van der Waals surface area (Å²) in [6.45, 7) is 3.89. The van der Waals surface area contributed by atoms with Crippen LogP contribution in [-0.2, 0) is 16.4 Å². The highest BCUT2D eigenvalue weighted by Gasteiger charge is 2.29. The third-order valence-corrected chi connectivity index (χ3v) is 5.48. The van der Waals surface area contributed by atoms with Gasteiger partial charge in [-0.2, -0.15) is 0 Å². The molecule has 102 valence electrons. The van der Waals surface area contributed by atoms with Crippen LogP contribution in [0.1, 0.15) is 19.4 Å². The van der Waals surface area contributed by atoms with Crippen molar-refractivity contribution in [1.29, 1.82) is 0 Å². The van der Waals surface area contributed by atoms with Crippen LogP contribution in [0, 0.1) is 5.82 Å². The summed E-state index contributed by atoms with van der Waals surface area (Å²) in [6.07, 6.45) is 1.20. The first-order valence-electron chi connectivity index (χ1n) is 5.48. The predicted molar refractivity (Wildman–Crippen MR) is 72.0 cm³/mol. The molecule has 1 rings (SSSR count). The lowest BCUT2D eigenvalue weighted by molar-refractivity contribution is 0.520. The summed E-state index contributed by atoms with van der Waals surface area (Å²) in [5.74, 6) is -0.474. The maximum Gasteiger partial charge on any atom is 0.153 e. The van der Waals surface area contributed by atoms with Crippen LogP contribution in [0.4, 0.5) is 4.39 Å². The zero-order chi connectivity index (χ0) is 14.0. The summed E-state index contributed by atoms with van der Waals surface area (Å²) in [5.41, 5.74) is 0.612. The van der Waals surface area contributed by atoms with Gasteiger partial charge in [0.1, 0.15) is 5.82 Å². The largest absolute Gasteiger partial charge is 0.311 e. The van der Waals surface area contributed by atoms with Crippen LogP contribution in [0.25, 0.3) is 0 Å². The van der Waals surface area contributed by atoms with Gasteiger partial charge in [-0.25, -0.2) is 12.8 Å². The topological polar surface area (TPSA) is 46.2 Å². The lowest BCUT2D eigenvalue weighted by Crippen LogP contribution is -2.41. The molecule has 1 aromatic rings.